The molecular weight excluding hydrogens is 465 g/mol. The minimum absolute atomic E-state index is 0.0633. The van der Waals surface area contributed by atoms with Crippen LogP contribution in [0.4, 0.5) is 13.2 Å². The Bertz CT molecular complexity index is 1410. The molecule has 35 heavy (non-hydrogen) atoms. The lowest BCUT2D eigenvalue weighted by molar-refractivity contribution is -0.154. The SMILES string of the molecule is CCOc1ccccc1Oc1c(C(F)(F)F)oc2cc(OCC(=O)c3ccccc3)ccc2c1=O. The first kappa shape index (κ1) is 23.9. The maximum absolute atomic E-state index is 13.8. The summed E-state index contributed by atoms with van der Waals surface area (Å²) in [5.41, 5.74) is -0.956. The van der Waals surface area contributed by atoms with Crippen molar-refractivity contribution in [2.45, 2.75) is 13.1 Å². The molecule has 0 saturated carbocycles. The number of hydrogen-bond donors (Lipinski definition) is 0. The minimum atomic E-state index is -5.02. The van der Waals surface area contributed by atoms with Crippen LogP contribution >= 0.6 is 0 Å². The molecule has 0 saturated heterocycles. The van der Waals surface area contributed by atoms with E-state index in [1.165, 1.54) is 30.3 Å². The van der Waals surface area contributed by atoms with Gasteiger partial charge in [-0.15, -0.1) is 0 Å². The van der Waals surface area contributed by atoms with Gasteiger partial charge in [-0.05, 0) is 31.2 Å². The van der Waals surface area contributed by atoms with E-state index in [2.05, 4.69) is 0 Å². The Labute approximate surface area is 197 Å². The van der Waals surface area contributed by atoms with Crippen LogP contribution in [0, 0.1) is 0 Å². The molecule has 0 bridgehead atoms. The molecule has 0 spiro atoms. The van der Waals surface area contributed by atoms with Crippen LogP contribution in [0.15, 0.2) is 82.0 Å². The largest absolute Gasteiger partial charge is 0.490 e. The maximum Gasteiger partial charge on any atom is 0.453 e. The second kappa shape index (κ2) is 9.92. The summed E-state index contributed by atoms with van der Waals surface area (Å²) in [7, 11) is 0. The minimum Gasteiger partial charge on any atom is -0.490 e. The van der Waals surface area contributed by atoms with Gasteiger partial charge in [0.05, 0.1) is 12.0 Å². The quantitative estimate of drug-likeness (QED) is 0.275. The summed E-state index contributed by atoms with van der Waals surface area (Å²) in [6, 6.07) is 18.2. The predicted octanol–water partition coefficient (Wildman–Crippen LogP) is 6.26. The third-order valence-electron chi connectivity index (χ3n) is 4.91. The Morgan fingerprint density at radius 2 is 1.60 bits per heavy atom. The van der Waals surface area contributed by atoms with Crippen LogP contribution in [0.5, 0.6) is 23.0 Å². The third kappa shape index (κ3) is 5.29. The molecule has 3 aromatic carbocycles. The fourth-order valence-corrected chi connectivity index (χ4v) is 3.30. The summed E-state index contributed by atoms with van der Waals surface area (Å²) < 4.78 is 62.8. The zero-order chi connectivity index (χ0) is 25.0. The van der Waals surface area contributed by atoms with Crippen LogP contribution in [0.2, 0.25) is 0 Å². The number of hydrogen-bond acceptors (Lipinski definition) is 6. The summed E-state index contributed by atoms with van der Waals surface area (Å²) in [5, 5.41) is -0.149. The first-order valence-electron chi connectivity index (χ1n) is 10.6. The Kier molecular flexibility index (Phi) is 6.77. The third-order valence-corrected chi connectivity index (χ3v) is 4.91. The summed E-state index contributed by atoms with van der Waals surface area (Å²) >= 11 is 0. The van der Waals surface area contributed by atoms with E-state index in [1.807, 2.05) is 0 Å². The number of carbonyl (C=O) groups excluding carboxylic acids is 1. The van der Waals surface area contributed by atoms with Gasteiger partial charge >= 0.3 is 6.18 Å². The number of fused-ring (bicyclic) bond motifs is 1. The van der Waals surface area contributed by atoms with E-state index >= 15 is 0 Å². The van der Waals surface area contributed by atoms with Gasteiger partial charge in [0, 0.05) is 11.6 Å². The van der Waals surface area contributed by atoms with E-state index in [0.29, 0.717) is 5.56 Å². The molecule has 0 aliphatic heterocycles. The van der Waals surface area contributed by atoms with Gasteiger partial charge in [0.2, 0.25) is 11.2 Å². The Balaban J connectivity index is 1.70. The highest BCUT2D eigenvalue weighted by Gasteiger charge is 2.40. The first-order chi connectivity index (χ1) is 16.8. The molecule has 6 nitrogen and oxygen atoms in total. The van der Waals surface area contributed by atoms with E-state index in [4.69, 9.17) is 18.6 Å². The lowest BCUT2D eigenvalue weighted by Gasteiger charge is -2.15. The molecule has 0 amide bonds. The highest BCUT2D eigenvalue weighted by molar-refractivity contribution is 5.97. The number of alkyl halides is 3. The second-order valence-corrected chi connectivity index (χ2v) is 7.30. The van der Waals surface area contributed by atoms with Gasteiger partial charge in [0.15, 0.2) is 23.9 Å². The number of halogens is 3. The van der Waals surface area contributed by atoms with Crippen molar-refractivity contribution in [2.24, 2.45) is 0 Å². The average molecular weight is 484 g/mol. The molecule has 0 aliphatic carbocycles. The van der Waals surface area contributed by atoms with Crippen LogP contribution in [0.25, 0.3) is 11.0 Å². The van der Waals surface area contributed by atoms with E-state index in [-0.39, 0.29) is 47.2 Å². The molecule has 0 unspecified atom stereocenters. The summed E-state index contributed by atoms with van der Waals surface area (Å²) in [5.74, 6) is -2.75. The van der Waals surface area contributed by atoms with Gasteiger partial charge in [-0.3, -0.25) is 9.59 Å². The highest BCUT2D eigenvalue weighted by atomic mass is 19.4. The maximum atomic E-state index is 13.8. The lowest BCUT2D eigenvalue weighted by Crippen LogP contribution is -2.16. The van der Waals surface area contributed by atoms with Crippen molar-refractivity contribution in [2.75, 3.05) is 13.2 Å². The molecule has 1 heterocycles. The van der Waals surface area contributed by atoms with Crippen molar-refractivity contribution in [3.63, 3.8) is 0 Å². The highest BCUT2D eigenvalue weighted by Crippen LogP contribution is 2.40. The monoisotopic (exact) mass is 484 g/mol. The van der Waals surface area contributed by atoms with Crippen molar-refractivity contribution < 1.29 is 36.6 Å². The van der Waals surface area contributed by atoms with Crippen molar-refractivity contribution in [1.82, 2.24) is 0 Å². The summed E-state index contributed by atoms with van der Waals surface area (Å²) in [6.45, 7) is 1.60. The first-order valence-corrected chi connectivity index (χ1v) is 10.6. The molecule has 4 aromatic rings. The summed E-state index contributed by atoms with van der Waals surface area (Å²) in [4.78, 5) is 25.3. The van der Waals surface area contributed by atoms with Gasteiger partial charge in [-0.1, -0.05) is 42.5 Å². The topological polar surface area (TPSA) is 75.0 Å². The fourth-order valence-electron chi connectivity index (χ4n) is 3.30. The predicted molar refractivity (Wildman–Crippen MR) is 121 cm³/mol. The van der Waals surface area contributed by atoms with Crippen LogP contribution in [-0.4, -0.2) is 19.0 Å². The van der Waals surface area contributed by atoms with Crippen LogP contribution in [-0.2, 0) is 6.18 Å². The van der Waals surface area contributed by atoms with E-state index in [9.17, 15) is 22.8 Å². The standard InChI is InChI=1S/C26H19F3O6/c1-2-32-20-10-6-7-11-21(20)34-24-23(31)18-13-12-17(14-22(18)35-25(24)26(27,28)29)33-15-19(30)16-8-4-3-5-9-16/h3-14H,2,15H2,1H3. The van der Waals surface area contributed by atoms with Gasteiger partial charge in [0.1, 0.15) is 11.3 Å². The van der Waals surface area contributed by atoms with E-state index in [0.717, 1.165) is 6.07 Å². The van der Waals surface area contributed by atoms with Gasteiger partial charge in [-0.25, -0.2) is 0 Å². The molecule has 0 fully saturated rings. The fraction of sp³-hybridized carbons (Fsp3) is 0.154. The number of rotatable bonds is 8. The van der Waals surface area contributed by atoms with Crippen molar-refractivity contribution in [3.8, 4) is 23.0 Å². The Hall–Kier alpha value is -4.27. The number of benzene rings is 3. The number of para-hydroxylation sites is 2. The van der Waals surface area contributed by atoms with Crippen molar-refractivity contribution >= 4 is 16.8 Å². The van der Waals surface area contributed by atoms with Crippen LogP contribution < -0.4 is 19.6 Å². The molecule has 4 rings (SSSR count). The van der Waals surface area contributed by atoms with Crippen molar-refractivity contribution in [1.29, 1.82) is 0 Å². The van der Waals surface area contributed by atoms with Crippen molar-refractivity contribution in [3.05, 3.63) is 94.3 Å². The zero-order valence-electron chi connectivity index (χ0n) is 18.4. The molecule has 1 aromatic heterocycles. The van der Waals surface area contributed by atoms with Crippen LogP contribution in [0.1, 0.15) is 23.0 Å². The molecule has 0 radical (unpaired) electrons. The van der Waals surface area contributed by atoms with Gasteiger partial charge in [0.25, 0.3) is 5.76 Å². The Morgan fingerprint density at radius 3 is 2.29 bits per heavy atom. The number of carbonyl (C=O) groups is 1. The molecule has 180 valence electrons. The number of ketones is 1. The molecule has 0 atom stereocenters. The molecule has 0 aliphatic rings. The Morgan fingerprint density at radius 1 is 0.914 bits per heavy atom. The lowest BCUT2D eigenvalue weighted by atomic mass is 10.1. The molecule has 9 heteroatoms. The number of Topliss-reactive ketones (excluding diaryl/α,β-unsaturated/α-hetero) is 1. The summed E-state index contributed by atoms with van der Waals surface area (Å²) in [6.07, 6.45) is -5.02. The van der Waals surface area contributed by atoms with E-state index in [1.54, 1.807) is 43.3 Å². The van der Waals surface area contributed by atoms with Gasteiger partial charge in [-0.2, -0.15) is 13.2 Å². The van der Waals surface area contributed by atoms with Gasteiger partial charge < -0.3 is 18.6 Å². The second-order valence-electron chi connectivity index (χ2n) is 7.30. The molecular formula is C26H19F3O6. The number of ether oxygens (including phenoxy) is 3. The van der Waals surface area contributed by atoms with E-state index < -0.39 is 23.1 Å². The smallest absolute Gasteiger partial charge is 0.453 e. The van der Waals surface area contributed by atoms with Crippen LogP contribution in [0.3, 0.4) is 0 Å². The average Bonchev–Trinajstić information content (AvgIpc) is 2.85. The zero-order valence-corrected chi connectivity index (χ0v) is 18.4. The molecule has 0 N–H and O–H groups in total. The normalized spacial score (nSPS) is 11.3.